The molecule has 3 aromatic carbocycles. The van der Waals surface area contributed by atoms with Crippen molar-refractivity contribution in [3.05, 3.63) is 102 Å². The predicted octanol–water partition coefficient (Wildman–Crippen LogP) is 5.44. The summed E-state index contributed by atoms with van der Waals surface area (Å²) < 4.78 is 25.1. The smallest absolute Gasteiger partial charge is 0.261 e. The van der Waals surface area contributed by atoms with Crippen molar-refractivity contribution >= 4 is 46.0 Å². The minimum absolute atomic E-state index is 0.138. The van der Waals surface area contributed by atoms with E-state index in [9.17, 15) is 18.8 Å². The lowest BCUT2D eigenvalue weighted by Crippen LogP contribution is -2.45. The minimum Gasteiger partial charge on any atom is -0.496 e. The molecule has 0 aliphatic carbocycles. The summed E-state index contributed by atoms with van der Waals surface area (Å²) in [7, 11) is 0. The molecule has 1 N–H and O–H groups in total. The molecule has 2 saturated heterocycles. The highest BCUT2D eigenvalue weighted by molar-refractivity contribution is 8.15. The number of amidine groups is 1. The highest BCUT2D eigenvalue weighted by atomic mass is 32.2. The number of nitrogens with zero attached hydrogens (tertiary/aromatic N) is 3. The van der Waals surface area contributed by atoms with Gasteiger partial charge in [0.25, 0.3) is 5.91 Å². The van der Waals surface area contributed by atoms with E-state index in [0.29, 0.717) is 47.6 Å². The van der Waals surface area contributed by atoms with Gasteiger partial charge in [-0.1, -0.05) is 48.2 Å². The summed E-state index contributed by atoms with van der Waals surface area (Å²) in [5.41, 5.74) is 1.71. The van der Waals surface area contributed by atoms with Crippen LogP contribution in [0.2, 0.25) is 0 Å². The van der Waals surface area contributed by atoms with Gasteiger partial charge in [-0.25, -0.2) is 9.38 Å². The molecule has 0 aromatic heterocycles. The summed E-state index contributed by atoms with van der Waals surface area (Å²) in [5, 5.41) is 2.81. The molecule has 3 aromatic rings. The van der Waals surface area contributed by atoms with Crippen molar-refractivity contribution in [2.75, 3.05) is 31.6 Å². The van der Waals surface area contributed by atoms with Crippen molar-refractivity contribution in [1.29, 1.82) is 0 Å². The van der Waals surface area contributed by atoms with Crippen LogP contribution in [-0.4, -0.2) is 65.0 Å². The Labute approximate surface area is 258 Å². The zero-order valence-corrected chi connectivity index (χ0v) is 24.7. The first kappa shape index (κ1) is 29.4. The first-order valence-electron chi connectivity index (χ1n) is 14.5. The number of carbonyl (C=O) groups excluding carboxylic acids is 3. The van der Waals surface area contributed by atoms with E-state index in [2.05, 4.69) is 10.3 Å². The molecule has 0 spiro atoms. The van der Waals surface area contributed by atoms with Crippen molar-refractivity contribution < 1.29 is 28.2 Å². The van der Waals surface area contributed by atoms with Crippen LogP contribution in [0.3, 0.4) is 0 Å². The summed E-state index contributed by atoms with van der Waals surface area (Å²) in [6, 6.07) is 21.5. The first-order valence-corrected chi connectivity index (χ1v) is 15.3. The lowest BCUT2D eigenvalue weighted by atomic mass is 10.1. The summed E-state index contributed by atoms with van der Waals surface area (Å²) in [6.45, 7) is 1.18. The van der Waals surface area contributed by atoms with E-state index < -0.39 is 17.1 Å². The summed E-state index contributed by atoms with van der Waals surface area (Å²) in [5.74, 6) is 0.230. The van der Waals surface area contributed by atoms with Crippen molar-refractivity contribution in [2.45, 2.75) is 30.6 Å². The third-order valence-electron chi connectivity index (χ3n) is 7.53. The number of hydrogen-bond acceptors (Lipinski definition) is 7. The maximum absolute atomic E-state index is 13.8. The second-order valence-electron chi connectivity index (χ2n) is 10.6. The lowest BCUT2D eigenvalue weighted by molar-refractivity contribution is -0.138. The zero-order chi connectivity index (χ0) is 30.5. The number of aliphatic imine (C=N–C) groups is 1. The summed E-state index contributed by atoms with van der Waals surface area (Å²) in [4.78, 5) is 47.3. The van der Waals surface area contributed by atoms with E-state index in [-0.39, 0.29) is 30.9 Å². The Morgan fingerprint density at radius 1 is 1.07 bits per heavy atom. The molecule has 3 heterocycles. The topological polar surface area (TPSA) is 101 Å². The first-order chi connectivity index (χ1) is 21.4. The number of anilines is 1. The van der Waals surface area contributed by atoms with Crippen LogP contribution in [-0.2, 0) is 19.1 Å². The van der Waals surface area contributed by atoms with Gasteiger partial charge in [0.05, 0.1) is 18.8 Å². The number of hydrogen-bond donors (Lipinski definition) is 1. The van der Waals surface area contributed by atoms with Crippen LogP contribution in [0.25, 0.3) is 0 Å². The number of nitrogens with one attached hydrogen (secondary N) is 1. The molecular formula is C33H31FN4O5S. The fourth-order valence-corrected chi connectivity index (χ4v) is 6.51. The Hall–Kier alpha value is -4.64. The second-order valence-corrected chi connectivity index (χ2v) is 11.6. The number of benzene rings is 3. The van der Waals surface area contributed by atoms with Gasteiger partial charge in [-0.15, -0.1) is 0 Å². The molecule has 2 atom stereocenters. The van der Waals surface area contributed by atoms with E-state index in [1.807, 2.05) is 24.3 Å². The largest absolute Gasteiger partial charge is 0.496 e. The van der Waals surface area contributed by atoms with Crippen LogP contribution in [0.4, 0.5) is 15.8 Å². The van der Waals surface area contributed by atoms with E-state index >= 15 is 0 Å². The molecule has 1 unspecified atom stereocenters. The number of rotatable bonds is 9. The van der Waals surface area contributed by atoms with Crippen molar-refractivity contribution in [1.82, 2.24) is 9.80 Å². The van der Waals surface area contributed by atoms with Gasteiger partial charge in [-0.05, 0) is 66.9 Å². The number of halogens is 1. The summed E-state index contributed by atoms with van der Waals surface area (Å²) >= 11 is 1.29. The zero-order valence-electron chi connectivity index (χ0n) is 23.9. The number of para-hydroxylation sites is 1. The van der Waals surface area contributed by atoms with Crippen LogP contribution in [0, 0.1) is 5.82 Å². The van der Waals surface area contributed by atoms with Crippen molar-refractivity contribution in [3.63, 3.8) is 0 Å². The molecule has 44 heavy (non-hydrogen) atoms. The van der Waals surface area contributed by atoms with Gasteiger partial charge < -0.3 is 19.7 Å². The van der Waals surface area contributed by atoms with E-state index in [1.165, 1.54) is 23.9 Å². The molecule has 0 saturated carbocycles. The van der Waals surface area contributed by atoms with Crippen LogP contribution in [0.15, 0.2) is 95.7 Å². The number of likely N-dealkylation sites (tertiary alicyclic amines) is 1. The van der Waals surface area contributed by atoms with Crippen LogP contribution >= 0.6 is 11.8 Å². The number of thioether (sulfide) groups is 1. The lowest BCUT2D eigenvalue weighted by Gasteiger charge is -2.24. The fourth-order valence-electron chi connectivity index (χ4n) is 5.34. The maximum atomic E-state index is 13.8. The van der Waals surface area contributed by atoms with Gasteiger partial charge in [0.2, 0.25) is 11.8 Å². The third-order valence-corrected chi connectivity index (χ3v) is 8.76. The monoisotopic (exact) mass is 614 g/mol. The second kappa shape index (κ2) is 13.3. The Bertz CT molecular complexity index is 1600. The molecular weight excluding hydrogens is 583 g/mol. The molecule has 6 rings (SSSR count). The van der Waals surface area contributed by atoms with Gasteiger partial charge in [0.1, 0.15) is 28.6 Å². The SMILES string of the molecule is O=C(Nc1ccc(C2SC(=Nc3cccc(F)c3)N(CC3=CCCO3)C2=O)cc1)[C@@H]1CCCN1C(=O)COc1ccccc1. The Morgan fingerprint density at radius 3 is 2.64 bits per heavy atom. The number of carbonyl (C=O) groups is 3. The Morgan fingerprint density at radius 2 is 1.89 bits per heavy atom. The number of amides is 3. The van der Waals surface area contributed by atoms with Gasteiger partial charge >= 0.3 is 0 Å². The Balaban J connectivity index is 1.12. The molecule has 2 fully saturated rings. The van der Waals surface area contributed by atoms with Crippen LogP contribution < -0.4 is 10.1 Å². The van der Waals surface area contributed by atoms with Gasteiger partial charge in [-0.2, -0.15) is 0 Å². The Kier molecular flexibility index (Phi) is 8.92. The maximum Gasteiger partial charge on any atom is 0.261 e. The third kappa shape index (κ3) is 6.78. The van der Waals surface area contributed by atoms with Crippen LogP contribution in [0.5, 0.6) is 5.75 Å². The normalized spacial score (nSPS) is 20.5. The van der Waals surface area contributed by atoms with Crippen molar-refractivity contribution in [2.24, 2.45) is 4.99 Å². The highest BCUT2D eigenvalue weighted by Crippen LogP contribution is 2.41. The molecule has 3 amide bonds. The van der Waals surface area contributed by atoms with E-state index in [4.69, 9.17) is 9.47 Å². The van der Waals surface area contributed by atoms with Crippen molar-refractivity contribution in [3.8, 4) is 5.75 Å². The highest BCUT2D eigenvalue weighted by Gasteiger charge is 2.40. The molecule has 11 heteroatoms. The average molecular weight is 615 g/mol. The molecule has 3 aliphatic heterocycles. The fraction of sp³-hybridized carbons (Fsp3) is 0.273. The van der Waals surface area contributed by atoms with Gasteiger partial charge in [0, 0.05) is 18.7 Å². The van der Waals surface area contributed by atoms with Gasteiger partial charge in [0.15, 0.2) is 11.8 Å². The molecule has 9 nitrogen and oxygen atoms in total. The standard InChI is InChI=1S/C33H31FN4O5S/c34-23-7-4-8-25(19-23)36-33-38(20-27-11-6-18-42-27)32(41)30(44-33)22-13-15-24(16-14-22)35-31(40)28-12-5-17-37(28)29(39)21-43-26-9-2-1-3-10-26/h1-4,7-11,13-16,19,28,30H,5-6,12,17-18,20-21H2,(H,35,40)/t28-,30?/m0/s1. The minimum atomic E-state index is -0.587. The van der Waals surface area contributed by atoms with E-state index in [1.54, 1.807) is 58.3 Å². The molecule has 226 valence electrons. The summed E-state index contributed by atoms with van der Waals surface area (Å²) in [6.07, 6.45) is 4.04. The average Bonchev–Trinajstić information content (AvgIpc) is 3.80. The van der Waals surface area contributed by atoms with Crippen LogP contribution in [0.1, 0.15) is 30.1 Å². The number of ether oxygens (including phenoxy) is 2. The van der Waals surface area contributed by atoms with Gasteiger partial charge in [-0.3, -0.25) is 19.3 Å². The molecule has 0 radical (unpaired) electrons. The molecule has 0 bridgehead atoms. The predicted molar refractivity (Wildman–Crippen MR) is 166 cm³/mol. The quantitative estimate of drug-likeness (QED) is 0.345. The molecule has 3 aliphatic rings. The van der Waals surface area contributed by atoms with E-state index in [0.717, 1.165) is 18.4 Å².